The molecule has 0 amide bonds. The first-order chi connectivity index (χ1) is 8.65. The molecule has 0 saturated carbocycles. The number of halogens is 2. The van der Waals surface area contributed by atoms with E-state index in [0.29, 0.717) is 21.7 Å². The Labute approximate surface area is 111 Å². The molecule has 3 aromatic rings. The predicted octanol–water partition coefficient (Wildman–Crippen LogP) is 3.49. The van der Waals surface area contributed by atoms with Crippen molar-refractivity contribution in [3.05, 3.63) is 53.0 Å². The average Bonchev–Trinajstić information content (AvgIpc) is 2.66. The number of fused-ring (bicyclic) bond motifs is 1. The smallest absolute Gasteiger partial charge is 0.146 e. The molecule has 1 aromatic carbocycles. The Morgan fingerprint density at radius 1 is 1.22 bits per heavy atom. The third-order valence-electron chi connectivity index (χ3n) is 2.70. The second-order valence-corrected chi connectivity index (χ2v) is 4.71. The van der Waals surface area contributed by atoms with Gasteiger partial charge in [-0.3, -0.25) is 4.40 Å². The Morgan fingerprint density at radius 2 is 2.06 bits per heavy atom. The molecule has 0 atom stereocenters. The number of rotatable bonds is 1. The second-order valence-electron chi connectivity index (χ2n) is 3.95. The molecule has 0 bridgehead atoms. The number of hydrogen-bond acceptors (Lipinski definition) is 2. The molecule has 0 spiro atoms. The van der Waals surface area contributed by atoms with Gasteiger partial charge in [0.05, 0.1) is 5.52 Å². The molecule has 3 rings (SSSR count). The van der Waals surface area contributed by atoms with Crippen LogP contribution in [0.25, 0.3) is 16.9 Å². The molecule has 90 valence electrons. The Balaban J connectivity index is 2.32. The minimum Gasteiger partial charge on any atom is -0.398 e. The number of imidazole rings is 1. The van der Waals surface area contributed by atoms with E-state index in [4.69, 9.17) is 5.73 Å². The number of aromatic nitrogens is 2. The molecule has 0 aliphatic heterocycles. The lowest BCUT2D eigenvalue weighted by Gasteiger charge is -2.02. The number of benzene rings is 1. The Hall–Kier alpha value is -1.88. The van der Waals surface area contributed by atoms with Crippen LogP contribution in [0.15, 0.2) is 47.2 Å². The zero-order chi connectivity index (χ0) is 12.7. The van der Waals surface area contributed by atoms with Crippen LogP contribution in [-0.2, 0) is 0 Å². The van der Waals surface area contributed by atoms with Crippen molar-refractivity contribution in [1.29, 1.82) is 0 Å². The van der Waals surface area contributed by atoms with Crippen LogP contribution in [0.4, 0.5) is 10.1 Å². The van der Waals surface area contributed by atoms with Crippen molar-refractivity contribution >= 4 is 27.1 Å². The van der Waals surface area contributed by atoms with E-state index in [1.807, 2.05) is 16.5 Å². The highest BCUT2D eigenvalue weighted by atomic mass is 79.9. The topological polar surface area (TPSA) is 43.3 Å². The summed E-state index contributed by atoms with van der Waals surface area (Å²) in [6, 6.07) is 10.00. The SMILES string of the molecule is Nc1ccc2c(Br)nc(-c3cccc(F)c3)n2c1. The number of nitrogens with zero attached hydrogens (tertiary/aromatic N) is 2. The van der Waals surface area contributed by atoms with E-state index < -0.39 is 0 Å². The number of hydrogen-bond donors (Lipinski definition) is 1. The standard InChI is InChI=1S/C13H9BrFN3/c14-12-11-5-4-10(16)7-18(11)13(17-12)8-2-1-3-9(15)6-8/h1-7H,16H2. The van der Waals surface area contributed by atoms with Crippen molar-refractivity contribution in [3.8, 4) is 11.4 Å². The van der Waals surface area contributed by atoms with Crippen molar-refractivity contribution < 1.29 is 4.39 Å². The van der Waals surface area contributed by atoms with Crippen LogP contribution in [0.3, 0.4) is 0 Å². The molecular formula is C13H9BrFN3. The van der Waals surface area contributed by atoms with Gasteiger partial charge in [-0.2, -0.15) is 0 Å². The lowest BCUT2D eigenvalue weighted by atomic mass is 10.2. The Morgan fingerprint density at radius 3 is 2.83 bits per heavy atom. The van der Waals surface area contributed by atoms with Crippen molar-refractivity contribution in [2.45, 2.75) is 0 Å². The summed E-state index contributed by atoms with van der Waals surface area (Å²) < 4.78 is 15.8. The average molecular weight is 306 g/mol. The first-order valence-electron chi connectivity index (χ1n) is 5.34. The first-order valence-corrected chi connectivity index (χ1v) is 6.13. The second kappa shape index (κ2) is 4.10. The summed E-state index contributed by atoms with van der Waals surface area (Å²) in [5, 5.41) is 0. The normalized spacial score (nSPS) is 11.0. The molecule has 5 heteroatoms. The summed E-state index contributed by atoms with van der Waals surface area (Å²) in [6.07, 6.45) is 1.77. The fourth-order valence-corrected chi connectivity index (χ4v) is 2.39. The van der Waals surface area contributed by atoms with Gasteiger partial charge >= 0.3 is 0 Å². The largest absolute Gasteiger partial charge is 0.398 e. The van der Waals surface area contributed by atoms with E-state index in [1.165, 1.54) is 12.1 Å². The summed E-state index contributed by atoms with van der Waals surface area (Å²) in [5.41, 5.74) is 8.00. The zero-order valence-electron chi connectivity index (χ0n) is 9.27. The minimum atomic E-state index is -0.288. The predicted molar refractivity (Wildman–Crippen MR) is 72.7 cm³/mol. The summed E-state index contributed by atoms with van der Waals surface area (Å²) in [7, 11) is 0. The zero-order valence-corrected chi connectivity index (χ0v) is 10.9. The van der Waals surface area contributed by atoms with E-state index in [-0.39, 0.29) is 5.82 Å². The molecule has 3 nitrogen and oxygen atoms in total. The molecule has 18 heavy (non-hydrogen) atoms. The maximum atomic E-state index is 13.3. The van der Waals surface area contributed by atoms with Crippen LogP contribution in [0.1, 0.15) is 0 Å². The first kappa shape index (κ1) is 11.2. The van der Waals surface area contributed by atoms with E-state index >= 15 is 0 Å². The van der Waals surface area contributed by atoms with Crippen LogP contribution in [0.2, 0.25) is 0 Å². The molecule has 0 unspecified atom stereocenters. The van der Waals surface area contributed by atoms with Gasteiger partial charge < -0.3 is 5.73 Å². The van der Waals surface area contributed by atoms with Gasteiger partial charge in [0, 0.05) is 17.4 Å². The summed E-state index contributed by atoms with van der Waals surface area (Å²) in [5.74, 6) is 0.368. The lowest BCUT2D eigenvalue weighted by Crippen LogP contribution is -1.93. The quantitative estimate of drug-likeness (QED) is 0.748. The van der Waals surface area contributed by atoms with Gasteiger partial charge in [0.25, 0.3) is 0 Å². The molecule has 2 N–H and O–H groups in total. The summed E-state index contributed by atoms with van der Waals surface area (Å²) in [4.78, 5) is 4.40. The molecule has 0 radical (unpaired) electrons. The minimum absolute atomic E-state index is 0.288. The Kier molecular flexibility index (Phi) is 2.56. The van der Waals surface area contributed by atoms with E-state index in [2.05, 4.69) is 20.9 Å². The van der Waals surface area contributed by atoms with Crippen LogP contribution in [-0.4, -0.2) is 9.38 Å². The van der Waals surface area contributed by atoms with Gasteiger partial charge in [0.1, 0.15) is 16.2 Å². The molecular weight excluding hydrogens is 297 g/mol. The van der Waals surface area contributed by atoms with E-state index in [1.54, 1.807) is 18.3 Å². The van der Waals surface area contributed by atoms with Crippen LogP contribution < -0.4 is 5.73 Å². The highest BCUT2D eigenvalue weighted by Gasteiger charge is 2.11. The monoisotopic (exact) mass is 305 g/mol. The number of nitrogen functional groups attached to an aromatic ring is 1. The third kappa shape index (κ3) is 1.76. The fraction of sp³-hybridized carbons (Fsp3) is 0. The maximum absolute atomic E-state index is 13.3. The molecule has 0 saturated heterocycles. The Bertz CT molecular complexity index is 736. The lowest BCUT2D eigenvalue weighted by molar-refractivity contribution is 0.628. The van der Waals surface area contributed by atoms with Gasteiger partial charge in [-0.05, 0) is 40.2 Å². The number of nitrogens with two attached hydrogens (primary N) is 1. The molecule has 0 aliphatic carbocycles. The van der Waals surface area contributed by atoms with E-state index in [9.17, 15) is 4.39 Å². The van der Waals surface area contributed by atoms with Gasteiger partial charge in [-0.15, -0.1) is 0 Å². The summed E-state index contributed by atoms with van der Waals surface area (Å²) >= 11 is 3.39. The highest BCUT2D eigenvalue weighted by Crippen LogP contribution is 2.27. The van der Waals surface area contributed by atoms with Crippen LogP contribution in [0.5, 0.6) is 0 Å². The summed E-state index contributed by atoms with van der Waals surface area (Å²) in [6.45, 7) is 0. The maximum Gasteiger partial charge on any atom is 0.146 e. The van der Waals surface area contributed by atoms with Crippen molar-refractivity contribution in [2.75, 3.05) is 5.73 Å². The van der Waals surface area contributed by atoms with Crippen LogP contribution >= 0.6 is 15.9 Å². The molecule has 0 aliphatic rings. The highest BCUT2D eigenvalue weighted by molar-refractivity contribution is 9.10. The van der Waals surface area contributed by atoms with Crippen molar-refractivity contribution in [2.24, 2.45) is 0 Å². The number of anilines is 1. The van der Waals surface area contributed by atoms with Gasteiger partial charge in [-0.1, -0.05) is 12.1 Å². The van der Waals surface area contributed by atoms with Gasteiger partial charge in [-0.25, -0.2) is 9.37 Å². The third-order valence-corrected chi connectivity index (χ3v) is 3.28. The van der Waals surface area contributed by atoms with E-state index in [0.717, 1.165) is 5.52 Å². The van der Waals surface area contributed by atoms with Crippen molar-refractivity contribution in [3.63, 3.8) is 0 Å². The fourth-order valence-electron chi connectivity index (χ4n) is 1.90. The molecule has 2 heterocycles. The van der Waals surface area contributed by atoms with Gasteiger partial charge in [0.15, 0.2) is 0 Å². The van der Waals surface area contributed by atoms with Gasteiger partial charge in [0.2, 0.25) is 0 Å². The molecule has 2 aromatic heterocycles. The van der Waals surface area contributed by atoms with Crippen LogP contribution in [0, 0.1) is 5.82 Å². The van der Waals surface area contributed by atoms with Crippen molar-refractivity contribution in [1.82, 2.24) is 9.38 Å². The number of pyridine rings is 1. The molecule has 0 fully saturated rings.